The maximum atomic E-state index is 12.3. The molecule has 5 nitrogen and oxygen atoms in total. The van der Waals surface area contributed by atoms with Crippen molar-refractivity contribution in [3.8, 4) is 0 Å². The second kappa shape index (κ2) is 2.96. The number of carbonyl (C=O) groups excluding carboxylic acids is 2. The van der Waals surface area contributed by atoms with Gasteiger partial charge in [-0.05, 0) is 19.8 Å². The highest BCUT2D eigenvalue weighted by Gasteiger charge is 2.89. The number of hydrogen-bond donors (Lipinski definition) is 1. The zero-order valence-corrected chi connectivity index (χ0v) is 11.7. The quantitative estimate of drug-likeness (QED) is 0.527. The Morgan fingerprint density at radius 2 is 2.05 bits per heavy atom. The van der Waals surface area contributed by atoms with Crippen molar-refractivity contribution in [2.24, 2.45) is 16.2 Å². The van der Waals surface area contributed by atoms with Crippen LogP contribution in [0.5, 0.6) is 0 Å². The molecule has 1 unspecified atom stereocenters. The SMILES string of the molecule is C=C1CC[C@@]23OC(=O)CC12[C@@H](O)[C@@]1(C)C(=O)OC[C@]13C. The number of ether oxygens (including phenoxy) is 2. The highest BCUT2D eigenvalue weighted by molar-refractivity contribution is 5.86. The number of aliphatic hydroxyl groups is 1. The number of aliphatic hydroxyl groups excluding tert-OH is 1. The van der Waals surface area contributed by atoms with Crippen LogP contribution in [-0.4, -0.2) is 35.4 Å². The topological polar surface area (TPSA) is 72.8 Å². The molecule has 2 saturated heterocycles. The van der Waals surface area contributed by atoms with E-state index in [-0.39, 0.29) is 19.0 Å². The third-order valence-corrected chi connectivity index (χ3v) is 6.81. The minimum atomic E-state index is -1.04. The zero-order valence-electron chi connectivity index (χ0n) is 11.7. The molecule has 5 heteroatoms. The van der Waals surface area contributed by atoms with Gasteiger partial charge in [0.1, 0.15) is 17.6 Å². The van der Waals surface area contributed by atoms with Gasteiger partial charge in [-0.1, -0.05) is 19.1 Å². The minimum absolute atomic E-state index is 0.117. The second-order valence-corrected chi connectivity index (χ2v) is 7.07. The molecule has 4 fully saturated rings. The average Bonchev–Trinajstić information content (AvgIpc) is 2.97. The van der Waals surface area contributed by atoms with E-state index in [0.29, 0.717) is 12.8 Å². The van der Waals surface area contributed by atoms with Crippen LogP contribution in [0.2, 0.25) is 0 Å². The Morgan fingerprint density at radius 1 is 1.35 bits per heavy atom. The maximum absolute atomic E-state index is 12.3. The predicted molar refractivity (Wildman–Crippen MR) is 67.4 cm³/mol. The lowest BCUT2D eigenvalue weighted by Crippen LogP contribution is -2.52. The molecule has 2 aliphatic heterocycles. The fraction of sp³-hybridized carbons (Fsp3) is 0.733. The maximum Gasteiger partial charge on any atom is 0.315 e. The van der Waals surface area contributed by atoms with Crippen LogP contribution in [0.1, 0.15) is 33.1 Å². The van der Waals surface area contributed by atoms with Gasteiger partial charge in [0.25, 0.3) is 0 Å². The van der Waals surface area contributed by atoms with Gasteiger partial charge in [-0.3, -0.25) is 9.59 Å². The molecule has 2 aliphatic carbocycles. The van der Waals surface area contributed by atoms with Crippen LogP contribution < -0.4 is 0 Å². The lowest BCUT2D eigenvalue weighted by molar-refractivity contribution is -0.166. The Labute approximate surface area is 116 Å². The number of carbonyl (C=O) groups is 2. The summed E-state index contributed by atoms with van der Waals surface area (Å²) in [7, 11) is 0. The second-order valence-electron chi connectivity index (χ2n) is 7.07. The molecule has 4 rings (SSSR count). The Kier molecular flexibility index (Phi) is 1.83. The molecule has 0 aromatic carbocycles. The summed E-state index contributed by atoms with van der Waals surface area (Å²) >= 11 is 0. The summed E-state index contributed by atoms with van der Waals surface area (Å²) < 4.78 is 11.0. The van der Waals surface area contributed by atoms with E-state index >= 15 is 0 Å². The lowest BCUT2D eigenvalue weighted by Gasteiger charge is -2.42. The largest absolute Gasteiger partial charge is 0.464 e. The predicted octanol–water partition coefficient (Wildman–Crippen LogP) is 0.952. The van der Waals surface area contributed by atoms with E-state index in [1.54, 1.807) is 6.92 Å². The van der Waals surface area contributed by atoms with Crippen molar-refractivity contribution in [3.63, 3.8) is 0 Å². The molecule has 1 N–H and O–H groups in total. The molecule has 5 atom stereocenters. The van der Waals surface area contributed by atoms with Crippen LogP contribution in [0.3, 0.4) is 0 Å². The molecule has 4 aliphatic rings. The van der Waals surface area contributed by atoms with E-state index in [9.17, 15) is 14.7 Å². The monoisotopic (exact) mass is 278 g/mol. The molecule has 0 aromatic rings. The Morgan fingerprint density at radius 3 is 2.75 bits per heavy atom. The molecule has 108 valence electrons. The first-order valence-electron chi connectivity index (χ1n) is 7.02. The van der Waals surface area contributed by atoms with Crippen molar-refractivity contribution in [2.75, 3.05) is 6.61 Å². The molecule has 0 amide bonds. The minimum Gasteiger partial charge on any atom is -0.464 e. The normalized spacial score (nSPS) is 56.4. The zero-order chi connectivity index (χ0) is 14.6. The number of rotatable bonds is 0. The third-order valence-electron chi connectivity index (χ3n) is 6.81. The molecule has 2 heterocycles. The van der Waals surface area contributed by atoms with E-state index < -0.39 is 33.9 Å². The van der Waals surface area contributed by atoms with Gasteiger partial charge in [-0.2, -0.15) is 0 Å². The molecule has 0 bridgehead atoms. The van der Waals surface area contributed by atoms with Crippen LogP contribution in [0.15, 0.2) is 12.2 Å². The van der Waals surface area contributed by atoms with Gasteiger partial charge in [0.15, 0.2) is 0 Å². The molecular weight excluding hydrogens is 260 g/mol. The van der Waals surface area contributed by atoms with Crippen molar-refractivity contribution in [2.45, 2.75) is 44.8 Å². The van der Waals surface area contributed by atoms with Gasteiger partial charge < -0.3 is 14.6 Å². The van der Waals surface area contributed by atoms with Gasteiger partial charge in [0.2, 0.25) is 0 Å². The standard InChI is InChI=1S/C15H18O5/c1-8-4-5-15-12(2)7-19-11(18)13(12,3)10(17)14(8,15)6-9(16)20-15/h10,17H,1,4-7H2,2-3H3/t10-,12+,13-,14?,15-/m0/s1. The number of hydrogen-bond acceptors (Lipinski definition) is 5. The van der Waals surface area contributed by atoms with Gasteiger partial charge >= 0.3 is 11.9 Å². The van der Waals surface area contributed by atoms with Crippen LogP contribution in [0.4, 0.5) is 0 Å². The first kappa shape index (κ1) is 12.4. The molecular formula is C15H18O5. The summed E-state index contributed by atoms with van der Waals surface area (Å²) in [5.74, 6) is -0.709. The van der Waals surface area contributed by atoms with Gasteiger partial charge in [-0.15, -0.1) is 0 Å². The average molecular weight is 278 g/mol. The summed E-state index contributed by atoms with van der Waals surface area (Å²) in [5.41, 5.74) is -2.60. The van der Waals surface area contributed by atoms with Gasteiger partial charge in [-0.25, -0.2) is 0 Å². The third kappa shape index (κ3) is 0.793. The van der Waals surface area contributed by atoms with Crippen LogP contribution >= 0.6 is 0 Å². The molecule has 20 heavy (non-hydrogen) atoms. The summed E-state index contributed by atoms with van der Waals surface area (Å²) in [6, 6.07) is 0. The Hall–Kier alpha value is -1.36. The van der Waals surface area contributed by atoms with E-state index in [1.807, 2.05) is 6.92 Å². The summed E-state index contributed by atoms with van der Waals surface area (Å²) in [4.78, 5) is 24.3. The summed E-state index contributed by atoms with van der Waals surface area (Å²) in [5, 5.41) is 11.0. The first-order valence-corrected chi connectivity index (χ1v) is 7.02. The summed E-state index contributed by atoms with van der Waals surface area (Å²) in [6.07, 6.45) is 0.448. The van der Waals surface area contributed by atoms with Crippen molar-refractivity contribution < 1.29 is 24.2 Å². The Balaban J connectivity index is 2.06. The van der Waals surface area contributed by atoms with Gasteiger partial charge in [0.05, 0.1) is 23.4 Å². The fourth-order valence-corrected chi connectivity index (χ4v) is 5.50. The van der Waals surface area contributed by atoms with Gasteiger partial charge in [0, 0.05) is 0 Å². The van der Waals surface area contributed by atoms with Crippen molar-refractivity contribution in [1.29, 1.82) is 0 Å². The van der Waals surface area contributed by atoms with Crippen molar-refractivity contribution >= 4 is 11.9 Å². The number of esters is 2. The lowest BCUT2D eigenvalue weighted by atomic mass is 9.63. The molecule has 0 spiro atoms. The number of fused-ring (bicyclic) bond motifs is 1. The highest BCUT2D eigenvalue weighted by atomic mass is 16.6. The van der Waals surface area contributed by atoms with E-state index in [2.05, 4.69) is 6.58 Å². The van der Waals surface area contributed by atoms with Crippen LogP contribution in [0, 0.1) is 16.2 Å². The fourth-order valence-electron chi connectivity index (χ4n) is 5.50. The van der Waals surface area contributed by atoms with Crippen LogP contribution in [0.25, 0.3) is 0 Å². The number of cyclic esters (lactones) is 1. The van der Waals surface area contributed by atoms with E-state index in [0.717, 1.165) is 5.57 Å². The molecule has 0 radical (unpaired) electrons. The van der Waals surface area contributed by atoms with Crippen LogP contribution in [-0.2, 0) is 19.1 Å². The Bertz CT molecular complexity index is 583. The smallest absolute Gasteiger partial charge is 0.315 e. The van der Waals surface area contributed by atoms with Crippen molar-refractivity contribution in [3.05, 3.63) is 12.2 Å². The highest BCUT2D eigenvalue weighted by Crippen LogP contribution is 2.79. The first-order chi connectivity index (χ1) is 9.26. The van der Waals surface area contributed by atoms with E-state index in [4.69, 9.17) is 9.47 Å². The molecule has 0 aromatic heterocycles. The van der Waals surface area contributed by atoms with E-state index in [1.165, 1.54) is 0 Å². The van der Waals surface area contributed by atoms with Crippen molar-refractivity contribution in [1.82, 2.24) is 0 Å². The molecule has 2 saturated carbocycles. The summed E-state index contributed by atoms with van der Waals surface area (Å²) in [6.45, 7) is 7.90.